The summed E-state index contributed by atoms with van der Waals surface area (Å²) in [5.74, 6) is 0. The lowest BCUT2D eigenvalue weighted by atomic mass is 10.1. The number of alkyl halides is 3. The summed E-state index contributed by atoms with van der Waals surface area (Å²) in [6, 6.07) is 0. The molecule has 0 unspecified atom stereocenters. The third kappa shape index (κ3) is 1.89. The standard InChI is InChI=1S/C8H7BrF2N2O/c9-1-6-4(3-14)7(8(10)11)5(12)2-13-6/h2-3,8H,1,12H2. The first kappa shape index (κ1) is 11.0. The molecule has 1 aromatic rings. The van der Waals surface area contributed by atoms with Crippen molar-refractivity contribution in [3.05, 3.63) is 23.0 Å². The zero-order valence-electron chi connectivity index (χ0n) is 7.01. The summed E-state index contributed by atoms with van der Waals surface area (Å²) in [4.78, 5) is 14.4. The normalized spacial score (nSPS) is 10.6. The molecule has 0 spiro atoms. The van der Waals surface area contributed by atoms with E-state index in [1.165, 1.54) is 0 Å². The molecule has 0 radical (unpaired) electrons. The highest BCUT2D eigenvalue weighted by atomic mass is 79.9. The lowest BCUT2D eigenvalue weighted by Crippen LogP contribution is -2.05. The predicted molar refractivity (Wildman–Crippen MR) is 51.6 cm³/mol. The molecule has 0 aromatic carbocycles. The van der Waals surface area contributed by atoms with Crippen LogP contribution in [-0.4, -0.2) is 11.3 Å². The van der Waals surface area contributed by atoms with Gasteiger partial charge in [0.15, 0.2) is 6.29 Å². The highest BCUT2D eigenvalue weighted by Crippen LogP contribution is 2.29. The van der Waals surface area contributed by atoms with Crippen LogP contribution >= 0.6 is 15.9 Å². The Bertz CT molecular complexity index is 357. The molecule has 1 aromatic heterocycles. The van der Waals surface area contributed by atoms with Gasteiger partial charge in [-0.2, -0.15) is 0 Å². The molecule has 0 aliphatic heterocycles. The monoisotopic (exact) mass is 264 g/mol. The molecular weight excluding hydrogens is 258 g/mol. The first-order chi connectivity index (χ1) is 6.61. The lowest BCUT2D eigenvalue weighted by molar-refractivity contribution is 0.110. The summed E-state index contributed by atoms with van der Waals surface area (Å²) in [5, 5.41) is 0.237. The second kappa shape index (κ2) is 4.45. The van der Waals surface area contributed by atoms with E-state index in [4.69, 9.17) is 5.73 Å². The minimum atomic E-state index is -2.77. The molecule has 0 amide bonds. The van der Waals surface area contributed by atoms with Crippen molar-refractivity contribution in [2.45, 2.75) is 11.8 Å². The van der Waals surface area contributed by atoms with E-state index < -0.39 is 12.0 Å². The van der Waals surface area contributed by atoms with E-state index >= 15 is 0 Å². The van der Waals surface area contributed by atoms with Gasteiger partial charge in [-0.1, -0.05) is 15.9 Å². The second-order valence-corrected chi connectivity index (χ2v) is 3.10. The van der Waals surface area contributed by atoms with Crippen LogP contribution in [0.4, 0.5) is 14.5 Å². The number of halogens is 3. The quantitative estimate of drug-likeness (QED) is 0.674. The minimum Gasteiger partial charge on any atom is -0.397 e. The molecule has 0 aliphatic rings. The molecule has 6 heteroatoms. The Labute approximate surface area is 87.4 Å². The number of carbonyl (C=O) groups excluding carboxylic acids is 1. The number of hydrogen-bond donors (Lipinski definition) is 1. The average molecular weight is 265 g/mol. The number of nitrogen functional groups attached to an aromatic ring is 1. The van der Waals surface area contributed by atoms with Crippen molar-refractivity contribution >= 4 is 27.9 Å². The molecule has 1 heterocycles. The van der Waals surface area contributed by atoms with Gasteiger partial charge in [0, 0.05) is 10.9 Å². The SMILES string of the molecule is Nc1cnc(CBr)c(C=O)c1C(F)F. The molecule has 0 fully saturated rings. The third-order valence-corrected chi connectivity index (χ3v) is 2.27. The Balaban J connectivity index is 3.42. The van der Waals surface area contributed by atoms with Crippen molar-refractivity contribution in [3.63, 3.8) is 0 Å². The number of carbonyl (C=O) groups is 1. The van der Waals surface area contributed by atoms with Crippen molar-refractivity contribution in [1.29, 1.82) is 0 Å². The number of nitrogens with two attached hydrogens (primary N) is 1. The maximum atomic E-state index is 12.5. The number of pyridine rings is 1. The Kier molecular flexibility index (Phi) is 3.51. The molecule has 0 bridgehead atoms. The van der Waals surface area contributed by atoms with E-state index in [1.807, 2.05) is 0 Å². The fraction of sp³-hybridized carbons (Fsp3) is 0.250. The summed E-state index contributed by atoms with van der Waals surface area (Å²) < 4.78 is 25.0. The minimum absolute atomic E-state index is 0.128. The molecule has 1 rings (SSSR count). The third-order valence-electron chi connectivity index (χ3n) is 1.73. The van der Waals surface area contributed by atoms with Gasteiger partial charge in [-0.25, -0.2) is 8.78 Å². The summed E-state index contributed by atoms with van der Waals surface area (Å²) in [5.41, 5.74) is 4.84. The molecular formula is C8H7BrF2N2O. The van der Waals surface area contributed by atoms with Crippen LogP contribution in [0.1, 0.15) is 28.0 Å². The first-order valence-corrected chi connectivity index (χ1v) is 4.80. The summed E-state index contributed by atoms with van der Waals surface area (Å²) in [6.45, 7) is 0. The van der Waals surface area contributed by atoms with Gasteiger partial charge < -0.3 is 5.73 Å². The van der Waals surface area contributed by atoms with Gasteiger partial charge in [0.2, 0.25) is 0 Å². The van der Waals surface area contributed by atoms with Crippen LogP contribution in [0.25, 0.3) is 0 Å². The Morgan fingerprint density at radius 1 is 1.64 bits per heavy atom. The van der Waals surface area contributed by atoms with E-state index in [0.717, 1.165) is 6.20 Å². The smallest absolute Gasteiger partial charge is 0.266 e. The predicted octanol–water partition coefficient (Wildman–Crippen LogP) is 2.31. The van der Waals surface area contributed by atoms with Gasteiger partial charge >= 0.3 is 0 Å². The molecule has 0 saturated heterocycles. The van der Waals surface area contributed by atoms with Crippen LogP contribution in [0, 0.1) is 0 Å². The van der Waals surface area contributed by atoms with Gasteiger partial charge in [0.1, 0.15) is 0 Å². The average Bonchev–Trinajstić information content (AvgIpc) is 2.16. The maximum absolute atomic E-state index is 12.5. The molecule has 0 atom stereocenters. The van der Waals surface area contributed by atoms with Gasteiger partial charge in [0.25, 0.3) is 6.43 Å². The van der Waals surface area contributed by atoms with Gasteiger partial charge in [-0.05, 0) is 0 Å². The van der Waals surface area contributed by atoms with E-state index in [0.29, 0.717) is 6.29 Å². The molecule has 76 valence electrons. The first-order valence-electron chi connectivity index (χ1n) is 3.68. The van der Waals surface area contributed by atoms with E-state index in [1.54, 1.807) is 0 Å². The zero-order chi connectivity index (χ0) is 10.7. The Hall–Kier alpha value is -1.04. The molecule has 0 aliphatic carbocycles. The molecule has 14 heavy (non-hydrogen) atoms. The highest BCUT2D eigenvalue weighted by Gasteiger charge is 2.19. The molecule has 3 nitrogen and oxygen atoms in total. The summed E-state index contributed by atoms with van der Waals surface area (Å²) in [7, 11) is 0. The van der Waals surface area contributed by atoms with Gasteiger partial charge in [-0.15, -0.1) is 0 Å². The number of anilines is 1. The second-order valence-electron chi connectivity index (χ2n) is 2.54. The van der Waals surface area contributed by atoms with Crippen molar-refractivity contribution in [1.82, 2.24) is 4.98 Å². The van der Waals surface area contributed by atoms with E-state index in [-0.39, 0.29) is 22.3 Å². The van der Waals surface area contributed by atoms with Crippen molar-refractivity contribution in [3.8, 4) is 0 Å². The highest BCUT2D eigenvalue weighted by molar-refractivity contribution is 9.08. The van der Waals surface area contributed by atoms with Crippen LogP contribution in [0.5, 0.6) is 0 Å². The van der Waals surface area contributed by atoms with Gasteiger partial charge in [0.05, 0.1) is 23.1 Å². The molecule has 2 N–H and O–H groups in total. The number of hydrogen-bond acceptors (Lipinski definition) is 3. The largest absolute Gasteiger partial charge is 0.397 e. The number of aromatic nitrogens is 1. The number of rotatable bonds is 3. The van der Waals surface area contributed by atoms with Gasteiger partial charge in [-0.3, -0.25) is 9.78 Å². The maximum Gasteiger partial charge on any atom is 0.266 e. The van der Waals surface area contributed by atoms with Crippen LogP contribution in [-0.2, 0) is 5.33 Å². The Morgan fingerprint density at radius 2 is 2.29 bits per heavy atom. The van der Waals surface area contributed by atoms with Crippen LogP contribution in [0.3, 0.4) is 0 Å². The summed E-state index contributed by atoms with van der Waals surface area (Å²) >= 11 is 3.05. The lowest BCUT2D eigenvalue weighted by Gasteiger charge is -2.09. The van der Waals surface area contributed by atoms with Crippen LogP contribution < -0.4 is 5.73 Å². The fourth-order valence-electron chi connectivity index (χ4n) is 1.08. The molecule has 0 saturated carbocycles. The Morgan fingerprint density at radius 3 is 2.71 bits per heavy atom. The fourth-order valence-corrected chi connectivity index (χ4v) is 1.53. The number of aldehydes is 1. The van der Waals surface area contributed by atoms with Crippen molar-refractivity contribution in [2.24, 2.45) is 0 Å². The van der Waals surface area contributed by atoms with E-state index in [2.05, 4.69) is 20.9 Å². The van der Waals surface area contributed by atoms with Crippen LogP contribution in [0.15, 0.2) is 6.20 Å². The number of nitrogens with zero attached hydrogens (tertiary/aromatic N) is 1. The van der Waals surface area contributed by atoms with Crippen molar-refractivity contribution in [2.75, 3.05) is 5.73 Å². The van der Waals surface area contributed by atoms with Crippen LogP contribution in [0.2, 0.25) is 0 Å². The zero-order valence-corrected chi connectivity index (χ0v) is 8.59. The van der Waals surface area contributed by atoms with E-state index in [9.17, 15) is 13.6 Å². The summed E-state index contributed by atoms with van der Waals surface area (Å²) in [6.07, 6.45) is -1.29. The van der Waals surface area contributed by atoms with Crippen molar-refractivity contribution < 1.29 is 13.6 Å². The topological polar surface area (TPSA) is 56.0 Å².